The minimum atomic E-state index is -4.93. The maximum atomic E-state index is 13.0. The highest BCUT2D eigenvalue weighted by atomic mass is 31.2. The Hall–Kier alpha value is -4.05. The molecule has 18 heteroatoms. The van der Waals surface area contributed by atoms with Crippen LogP contribution in [0.4, 0.5) is 0 Å². The van der Waals surface area contributed by atoms with Gasteiger partial charge in [0.25, 0.3) is 0 Å². The molecule has 16 nitrogen and oxygen atoms in total. The predicted octanol–water partition coefficient (Wildman–Crippen LogP) is 25.7. The summed E-state index contributed by atoms with van der Waals surface area (Å²) in [6.45, 7) is 2.51. The Balaban J connectivity index is 4.51. The molecule has 4 N–H and O–H groups in total. The van der Waals surface area contributed by atoms with Crippen LogP contribution in [0.1, 0.15) is 367 Å². The number of ether oxygens (including phenoxy) is 3. The maximum Gasteiger partial charge on any atom is 0.472 e. The molecule has 0 rings (SSSR count). The number of allylic oxidation sites excluding steroid dienone is 20. The summed E-state index contributed by atoms with van der Waals surface area (Å²) in [6, 6.07) is 0. The average Bonchev–Trinajstić information content (AvgIpc) is 0.914. The van der Waals surface area contributed by atoms with Gasteiger partial charge in [-0.1, -0.05) is 361 Å². The second-order valence-electron chi connectivity index (χ2n) is 28.6. The van der Waals surface area contributed by atoms with Crippen molar-refractivity contribution in [3.05, 3.63) is 122 Å². The van der Waals surface area contributed by atoms with Crippen LogP contribution in [0.2, 0.25) is 0 Å². The van der Waals surface area contributed by atoms with E-state index in [1.807, 2.05) is 0 Å². The zero-order valence-corrected chi connectivity index (χ0v) is 69.6. The third kappa shape index (κ3) is 82.7. The van der Waals surface area contributed by atoms with Crippen molar-refractivity contribution in [1.29, 1.82) is 0 Å². The van der Waals surface area contributed by atoms with Gasteiger partial charge in [0.05, 0.1) is 26.4 Å². The minimum absolute atomic E-state index is 0.107. The van der Waals surface area contributed by atoms with Crippen molar-refractivity contribution < 1.29 is 75.8 Å². The van der Waals surface area contributed by atoms with Gasteiger partial charge in [0.15, 0.2) is 6.10 Å². The Morgan fingerprint density at radius 3 is 0.785 bits per heavy atom. The lowest BCUT2D eigenvalue weighted by Gasteiger charge is -2.21. The number of unbranched alkanes of at least 4 members (excludes halogenated alkanes) is 38. The molecule has 0 radical (unpaired) electrons. The molecule has 0 spiro atoms. The van der Waals surface area contributed by atoms with E-state index in [1.54, 1.807) is 0 Å². The molecule has 0 saturated heterocycles. The summed E-state index contributed by atoms with van der Waals surface area (Å²) in [5, 5.41) is 20.7. The molecule has 5 unspecified atom stereocenters. The standard InChI is InChI=1S/C89H156O16P2/c1-4-7-10-13-16-19-22-25-28-30-32-34-36-38-40-41-43-45-46-48-50-52-55-57-60-63-66-69-72-75-87(92)99-78-84(90)79-101-106(95,96)102-80-85(91)81-103-107(97,98)104-83-86(105-89(94)77-74-71-68-65-62-59-54-27-24-21-18-15-12-9-6-3)82-100-88(93)76-73-70-67-64-61-58-56-53-51-49-47-44-42-39-37-35-33-31-29-26-23-20-17-14-11-8-5-2/h7-8,10-11,16-17,19-20,25-26,28-29,32-35,38-40,42,84-86,90-91H,4-6,9,12-15,18,21-24,27,30-31,36-37,41,43-83H2,1-3H3,(H,95,96)(H,97,98)/b10-7-,11-8-,19-16-,20-17-,28-25-,29-26-,34-32-,35-33-,40-38-,42-39-. The number of aliphatic hydroxyl groups is 2. The summed E-state index contributed by atoms with van der Waals surface area (Å²) in [5.74, 6) is -1.56. The van der Waals surface area contributed by atoms with E-state index >= 15 is 0 Å². The number of rotatable bonds is 81. The third-order valence-electron chi connectivity index (χ3n) is 18.2. The van der Waals surface area contributed by atoms with E-state index in [0.29, 0.717) is 19.3 Å². The molecule has 618 valence electrons. The summed E-state index contributed by atoms with van der Waals surface area (Å²) in [6.07, 6.45) is 98.1. The molecular formula is C89H156O16P2. The van der Waals surface area contributed by atoms with Crippen LogP contribution in [0, 0.1) is 0 Å². The summed E-state index contributed by atoms with van der Waals surface area (Å²) in [4.78, 5) is 58.8. The van der Waals surface area contributed by atoms with Gasteiger partial charge in [-0.3, -0.25) is 32.5 Å². The molecule has 0 aliphatic heterocycles. The van der Waals surface area contributed by atoms with Gasteiger partial charge in [0, 0.05) is 19.3 Å². The zero-order chi connectivity index (χ0) is 78.0. The Bertz CT molecular complexity index is 2430. The Labute approximate surface area is 653 Å². The first-order chi connectivity index (χ1) is 52.2. The maximum absolute atomic E-state index is 13.0. The van der Waals surface area contributed by atoms with Crippen LogP contribution in [-0.4, -0.2) is 95.9 Å². The molecule has 5 atom stereocenters. The molecule has 0 heterocycles. The van der Waals surface area contributed by atoms with E-state index in [0.717, 1.165) is 148 Å². The topological polar surface area (TPSA) is 231 Å². The first-order valence-corrected chi connectivity index (χ1v) is 45.8. The first-order valence-electron chi connectivity index (χ1n) is 42.8. The van der Waals surface area contributed by atoms with Crippen molar-refractivity contribution >= 4 is 33.6 Å². The smallest absolute Gasteiger partial charge is 0.463 e. The van der Waals surface area contributed by atoms with Crippen LogP contribution >= 0.6 is 15.6 Å². The van der Waals surface area contributed by atoms with Gasteiger partial charge >= 0.3 is 33.6 Å². The molecule has 0 aliphatic rings. The lowest BCUT2D eigenvalue weighted by Crippen LogP contribution is -2.30. The van der Waals surface area contributed by atoms with Gasteiger partial charge in [-0.15, -0.1) is 0 Å². The number of phosphoric ester groups is 2. The minimum Gasteiger partial charge on any atom is -0.463 e. The Morgan fingerprint density at radius 1 is 0.271 bits per heavy atom. The van der Waals surface area contributed by atoms with E-state index in [9.17, 15) is 43.5 Å². The lowest BCUT2D eigenvalue weighted by atomic mass is 10.0. The second kappa shape index (κ2) is 81.4. The Kier molecular flexibility index (Phi) is 78.4. The normalized spacial score (nSPS) is 14.5. The molecule has 0 aromatic heterocycles. The van der Waals surface area contributed by atoms with Crippen LogP contribution < -0.4 is 0 Å². The number of esters is 3. The van der Waals surface area contributed by atoms with Crippen molar-refractivity contribution in [2.45, 2.75) is 386 Å². The highest BCUT2D eigenvalue weighted by Crippen LogP contribution is 2.45. The quantitative estimate of drug-likeness (QED) is 0.0146. The predicted molar refractivity (Wildman–Crippen MR) is 445 cm³/mol. The number of hydrogen-bond acceptors (Lipinski definition) is 14. The lowest BCUT2D eigenvalue weighted by molar-refractivity contribution is -0.161. The van der Waals surface area contributed by atoms with Gasteiger partial charge in [-0.05, 0) is 109 Å². The van der Waals surface area contributed by atoms with Gasteiger partial charge < -0.3 is 34.2 Å². The molecule has 107 heavy (non-hydrogen) atoms. The fraction of sp³-hybridized carbons (Fsp3) is 0.742. The second-order valence-corrected chi connectivity index (χ2v) is 31.5. The highest BCUT2D eigenvalue weighted by molar-refractivity contribution is 7.47. The molecule has 0 amide bonds. The number of carbonyl (C=O) groups is 3. The largest absolute Gasteiger partial charge is 0.472 e. The fourth-order valence-corrected chi connectivity index (χ4v) is 13.3. The van der Waals surface area contributed by atoms with Crippen LogP contribution in [-0.2, 0) is 55.8 Å². The molecule has 0 aromatic rings. The van der Waals surface area contributed by atoms with Crippen LogP contribution in [0.3, 0.4) is 0 Å². The van der Waals surface area contributed by atoms with Gasteiger partial charge in [0.1, 0.15) is 25.4 Å². The summed E-state index contributed by atoms with van der Waals surface area (Å²) in [7, 11) is -9.79. The first kappa shape index (κ1) is 103. The average molecular weight is 1540 g/mol. The molecule has 0 aliphatic carbocycles. The number of hydrogen-bond donors (Lipinski definition) is 4. The van der Waals surface area contributed by atoms with Crippen molar-refractivity contribution in [3.8, 4) is 0 Å². The monoisotopic (exact) mass is 1540 g/mol. The Morgan fingerprint density at radius 2 is 0.495 bits per heavy atom. The molecule has 0 aromatic carbocycles. The van der Waals surface area contributed by atoms with Crippen molar-refractivity contribution in [1.82, 2.24) is 0 Å². The van der Waals surface area contributed by atoms with E-state index in [4.69, 9.17) is 32.3 Å². The van der Waals surface area contributed by atoms with E-state index < -0.39 is 91.5 Å². The van der Waals surface area contributed by atoms with Gasteiger partial charge in [0.2, 0.25) is 0 Å². The van der Waals surface area contributed by atoms with Crippen LogP contribution in [0.25, 0.3) is 0 Å². The number of carbonyl (C=O) groups excluding carboxylic acids is 3. The molecular weight excluding hydrogens is 1390 g/mol. The van der Waals surface area contributed by atoms with Crippen LogP contribution in [0.15, 0.2) is 122 Å². The highest BCUT2D eigenvalue weighted by Gasteiger charge is 2.29. The number of aliphatic hydroxyl groups excluding tert-OH is 2. The third-order valence-corrected chi connectivity index (χ3v) is 20.1. The van der Waals surface area contributed by atoms with Crippen molar-refractivity contribution in [2.75, 3.05) is 39.6 Å². The van der Waals surface area contributed by atoms with E-state index in [-0.39, 0.29) is 19.3 Å². The van der Waals surface area contributed by atoms with E-state index in [1.165, 1.54) is 161 Å². The van der Waals surface area contributed by atoms with E-state index in [2.05, 4.69) is 142 Å². The van der Waals surface area contributed by atoms with Crippen molar-refractivity contribution in [3.63, 3.8) is 0 Å². The zero-order valence-electron chi connectivity index (χ0n) is 67.8. The molecule has 0 bridgehead atoms. The van der Waals surface area contributed by atoms with Gasteiger partial charge in [-0.25, -0.2) is 9.13 Å². The molecule has 0 fully saturated rings. The molecule has 0 saturated carbocycles. The van der Waals surface area contributed by atoms with Gasteiger partial charge in [-0.2, -0.15) is 0 Å². The van der Waals surface area contributed by atoms with Crippen LogP contribution in [0.5, 0.6) is 0 Å². The summed E-state index contributed by atoms with van der Waals surface area (Å²) in [5.41, 5.74) is 0. The number of phosphoric acid groups is 2. The van der Waals surface area contributed by atoms with Crippen molar-refractivity contribution in [2.24, 2.45) is 0 Å². The summed E-state index contributed by atoms with van der Waals surface area (Å²) >= 11 is 0. The fourth-order valence-electron chi connectivity index (χ4n) is 11.7. The SMILES string of the molecule is CC/C=C\C/C=C\C/C=C\C/C=C\C/C=C\CCCCCCCCCCCCCCCC(=O)OCC(O)COP(=O)(O)OCC(O)COP(=O)(O)OCC(COC(=O)CCCCCCCCCCCCC/C=C\C/C=C\C/C=C\C/C=C\C/C=C\CC)OC(=O)CCCCCCCCCCCCCCCCC. The summed E-state index contributed by atoms with van der Waals surface area (Å²) < 4.78 is 61.3.